The monoisotopic (exact) mass is 172 g/mol. The van der Waals surface area contributed by atoms with Crippen molar-refractivity contribution in [3.63, 3.8) is 0 Å². The molecule has 0 bridgehead atoms. The number of cyclic esters (lactones) is 1. The lowest BCUT2D eigenvalue weighted by molar-refractivity contribution is -0.144. The van der Waals surface area contributed by atoms with Crippen LogP contribution in [-0.2, 0) is 9.53 Å². The third-order valence-electron chi connectivity index (χ3n) is 2.10. The Morgan fingerprint density at radius 2 is 2.17 bits per heavy atom. The van der Waals surface area contributed by atoms with Crippen LogP contribution in [0.1, 0.15) is 13.8 Å². The van der Waals surface area contributed by atoms with Crippen LogP contribution < -0.4 is 0 Å². The highest BCUT2D eigenvalue weighted by Crippen LogP contribution is 2.23. The van der Waals surface area contributed by atoms with Crippen molar-refractivity contribution in [3.05, 3.63) is 11.1 Å². The molecular formula is C8H12O4. The second kappa shape index (κ2) is 3.25. The molecule has 0 aromatic heterocycles. The molecule has 0 spiro atoms. The average Bonchev–Trinajstić information content (AvgIpc) is 2.32. The minimum absolute atomic E-state index is 0.400. The summed E-state index contributed by atoms with van der Waals surface area (Å²) in [6.07, 6.45) is -1.67. The number of carbonyl (C=O) groups is 1. The zero-order chi connectivity index (χ0) is 9.30. The summed E-state index contributed by atoms with van der Waals surface area (Å²) in [5.74, 6) is -0.412. The number of aliphatic hydroxyl groups is 2. The number of hydrogen-bond donors (Lipinski definition) is 2. The number of rotatable bonds is 2. The third-order valence-corrected chi connectivity index (χ3v) is 2.10. The summed E-state index contributed by atoms with van der Waals surface area (Å²) in [5, 5.41) is 17.8. The maximum Gasteiger partial charge on any atom is 0.334 e. The lowest BCUT2D eigenvalue weighted by atomic mass is 10.0. The Morgan fingerprint density at radius 1 is 1.58 bits per heavy atom. The smallest absolute Gasteiger partial charge is 0.334 e. The second-order valence-corrected chi connectivity index (χ2v) is 2.88. The minimum atomic E-state index is -1.01. The van der Waals surface area contributed by atoms with Crippen LogP contribution in [-0.4, -0.2) is 35.0 Å². The number of ether oxygens (including phenoxy) is 1. The molecule has 2 atom stereocenters. The molecule has 4 nitrogen and oxygen atoms in total. The van der Waals surface area contributed by atoms with Crippen LogP contribution in [0.25, 0.3) is 0 Å². The van der Waals surface area contributed by atoms with E-state index in [1.54, 1.807) is 13.8 Å². The molecule has 0 radical (unpaired) electrons. The Labute approximate surface area is 70.5 Å². The molecule has 1 aliphatic heterocycles. The molecule has 1 aliphatic rings. The predicted molar refractivity (Wildman–Crippen MR) is 41.3 cm³/mol. The number of hydrogen-bond acceptors (Lipinski definition) is 4. The van der Waals surface area contributed by atoms with Crippen LogP contribution in [0.5, 0.6) is 0 Å². The van der Waals surface area contributed by atoms with Crippen molar-refractivity contribution in [2.75, 3.05) is 6.61 Å². The fraction of sp³-hybridized carbons (Fsp3) is 0.625. The molecule has 0 amide bonds. The van der Waals surface area contributed by atoms with E-state index in [4.69, 9.17) is 9.84 Å². The lowest BCUT2D eigenvalue weighted by Crippen LogP contribution is -2.30. The topological polar surface area (TPSA) is 66.8 Å². The van der Waals surface area contributed by atoms with Crippen LogP contribution in [0.15, 0.2) is 11.1 Å². The molecule has 0 saturated carbocycles. The highest BCUT2D eigenvalue weighted by molar-refractivity contribution is 5.91. The van der Waals surface area contributed by atoms with Gasteiger partial charge in [-0.25, -0.2) is 4.79 Å². The van der Waals surface area contributed by atoms with E-state index in [2.05, 4.69) is 0 Å². The van der Waals surface area contributed by atoms with Crippen molar-refractivity contribution in [1.29, 1.82) is 0 Å². The van der Waals surface area contributed by atoms with Crippen molar-refractivity contribution in [1.82, 2.24) is 0 Å². The van der Waals surface area contributed by atoms with E-state index in [1.807, 2.05) is 0 Å². The zero-order valence-electron chi connectivity index (χ0n) is 7.07. The molecule has 0 saturated heterocycles. The molecule has 4 heteroatoms. The van der Waals surface area contributed by atoms with Gasteiger partial charge in [0, 0.05) is 5.57 Å². The van der Waals surface area contributed by atoms with Gasteiger partial charge in [0.05, 0.1) is 6.61 Å². The Kier molecular flexibility index (Phi) is 2.49. The van der Waals surface area contributed by atoms with Crippen molar-refractivity contribution in [2.45, 2.75) is 26.1 Å². The minimum Gasteiger partial charge on any atom is -0.452 e. The second-order valence-electron chi connectivity index (χ2n) is 2.88. The molecule has 2 N–H and O–H groups in total. The van der Waals surface area contributed by atoms with Crippen molar-refractivity contribution in [2.24, 2.45) is 0 Å². The summed E-state index contributed by atoms with van der Waals surface area (Å²) in [4.78, 5) is 10.9. The first-order chi connectivity index (χ1) is 5.57. The summed E-state index contributed by atoms with van der Waals surface area (Å²) in [7, 11) is 0. The fourth-order valence-electron chi connectivity index (χ4n) is 1.13. The Morgan fingerprint density at radius 3 is 2.50 bits per heavy atom. The summed E-state index contributed by atoms with van der Waals surface area (Å²) in [6.45, 7) is 2.95. The Bertz CT molecular complexity index is 231. The standard InChI is InChI=1S/C8H12O4/c1-4-5(2)8(11)12-7(4)6(10)3-9/h6-7,9-10H,3H2,1-2H3/t6?,7-/m0/s1. The Balaban J connectivity index is 2.80. The van der Waals surface area contributed by atoms with Crippen LogP contribution in [0.3, 0.4) is 0 Å². The fourth-order valence-corrected chi connectivity index (χ4v) is 1.13. The molecule has 0 fully saturated rings. The van der Waals surface area contributed by atoms with Gasteiger partial charge in [-0.2, -0.15) is 0 Å². The molecule has 0 aromatic carbocycles. The van der Waals surface area contributed by atoms with Gasteiger partial charge in [0.1, 0.15) is 6.10 Å². The highest BCUT2D eigenvalue weighted by atomic mass is 16.6. The van der Waals surface area contributed by atoms with E-state index in [9.17, 15) is 9.90 Å². The van der Waals surface area contributed by atoms with E-state index in [-0.39, 0.29) is 0 Å². The quantitative estimate of drug-likeness (QED) is 0.556. The highest BCUT2D eigenvalue weighted by Gasteiger charge is 2.33. The first kappa shape index (κ1) is 9.22. The van der Waals surface area contributed by atoms with Crippen LogP contribution in [0.2, 0.25) is 0 Å². The number of carbonyl (C=O) groups excluding carboxylic acids is 1. The largest absolute Gasteiger partial charge is 0.452 e. The summed E-state index contributed by atoms with van der Waals surface area (Å²) >= 11 is 0. The molecule has 12 heavy (non-hydrogen) atoms. The van der Waals surface area contributed by atoms with E-state index >= 15 is 0 Å². The molecular weight excluding hydrogens is 160 g/mol. The average molecular weight is 172 g/mol. The molecule has 0 aromatic rings. The van der Waals surface area contributed by atoms with Gasteiger partial charge in [-0.1, -0.05) is 0 Å². The van der Waals surface area contributed by atoms with Crippen LogP contribution in [0, 0.1) is 0 Å². The van der Waals surface area contributed by atoms with Gasteiger partial charge in [0.2, 0.25) is 0 Å². The number of aliphatic hydroxyl groups excluding tert-OH is 2. The molecule has 1 rings (SSSR count). The maximum absolute atomic E-state index is 10.9. The number of esters is 1. The van der Waals surface area contributed by atoms with Gasteiger partial charge >= 0.3 is 5.97 Å². The van der Waals surface area contributed by atoms with Crippen LogP contribution in [0.4, 0.5) is 0 Å². The van der Waals surface area contributed by atoms with Gasteiger partial charge in [-0.3, -0.25) is 0 Å². The SMILES string of the molecule is CC1=C(C)[C@@H](C(O)CO)OC1=O. The first-order valence-electron chi connectivity index (χ1n) is 3.75. The normalized spacial score (nSPS) is 26.0. The lowest BCUT2D eigenvalue weighted by Gasteiger charge is -2.15. The summed E-state index contributed by atoms with van der Waals surface area (Å²) in [6, 6.07) is 0. The summed E-state index contributed by atoms with van der Waals surface area (Å²) < 4.78 is 4.82. The third kappa shape index (κ3) is 1.35. The summed E-state index contributed by atoms with van der Waals surface area (Å²) in [5.41, 5.74) is 1.22. The molecule has 1 unspecified atom stereocenters. The van der Waals surface area contributed by atoms with Gasteiger partial charge < -0.3 is 14.9 Å². The molecule has 0 aliphatic carbocycles. The molecule has 68 valence electrons. The van der Waals surface area contributed by atoms with E-state index in [0.717, 1.165) is 0 Å². The first-order valence-corrected chi connectivity index (χ1v) is 3.75. The predicted octanol–water partition coefficient (Wildman–Crippen LogP) is -0.399. The van der Waals surface area contributed by atoms with Crippen LogP contribution >= 0.6 is 0 Å². The maximum atomic E-state index is 10.9. The van der Waals surface area contributed by atoms with Crippen molar-refractivity contribution in [3.8, 4) is 0 Å². The Hall–Kier alpha value is -0.870. The van der Waals surface area contributed by atoms with E-state index in [0.29, 0.717) is 11.1 Å². The van der Waals surface area contributed by atoms with Crippen molar-refractivity contribution >= 4 is 5.97 Å². The molecule has 1 heterocycles. The van der Waals surface area contributed by atoms with Gasteiger partial charge in [0.15, 0.2) is 6.10 Å². The van der Waals surface area contributed by atoms with Gasteiger partial charge in [-0.05, 0) is 19.4 Å². The zero-order valence-corrected chi connectivity index (χ0v) is 7.07. The van der Waals surface area contributed by atoms with E-state index in [1.165, 1.54) is 0 Å². The van der Waals surface area contributed by atoms with Gasteiger partial charge in [0.25, 0.3) is 0 Å². The van der Waals surface area contributed by atoms with Gasteiger partial charge in [-0.15, -0.1) is 0 Å². The van der Waals surface area contributed by atoms with E-state index < -0.39 is 24.8 Å². The van der Waals surface area contributed by atoms with Crippen molar-refractivity contribution < 1.29 is 19.7 Å².